The van der Waals surface area contributed by atoms with Crippen molar-refractivity contribution in [1.29, 1.82) is 0 Å². The number of carbonyl (C=O) groups is 1. The van der Waals surface area contributed by atoms with E-state index < -0.39 is 0 Å². The van der Waals surface area contributed by atoms with Crippen LogP contribution in [0.2, 0.25) is 0 Å². The highest BCUT2D eigenvalue weighted by molar-refractivity contribution is 5.90. The maximum Gasteiger partial charge on any atom is 0.321 e. The minimum absolute atomic E-state index is 0.0286. The highest BCUT2D eigenvalue weighted by atomic mass is 16.5. The molecule has 5 heteroatoms. The Balaban J connectivity index is 1.65. The molecule has 0 spiro atoms. The second-order valence-electron chi connectivity index (χ2n) is 7.08. The van der Waals surface area contributed by atoms with Gasteiger partial charge in [0.15, 0.2) is 0 Å². The van der Waals surface area contributed by atoms with E-state index in [9.17, 15) is 4.79 Å². The first-order valence-corrected chi connectivity index (χ1v) is 9.59. The molecule has 1 aliphatic heterocycles. The summed E-state index contributed by atoms with van der Waals surface area (Å²) in [6, 6.07) is 18.1. The SMILES string of the molecule is COCC(Cc1ccccc1)N(C)C(=O)Nc1cccc(N2CCCC2)c1. The van der Waals surface area contributed by atoms with Gasteiger partial charge in [0.25, 0.3) is 0 Å². The molecule has 1 N–H and O–H groups in total. The lowest BCUT2D eigenvalue weighted by molar-refractivity contribution is 0.120. The minimum Gasteiger partial charge on any atom is -0.383 e. The van der Waals surface area contributed by atoms with Crippen LogP contribution >= 0.6 is 0 Å². The molecule has 1 aliphatic rings. The minimum atomic E-state index is -0.119. The second-order valence-corrected chi connectivity index (χ2v) is 7.08. The predicted molar refractivity (Wildman–Crippen MR) is 110 cm³/mol. The second kappa shape index (κ2) is 9.42. The number of likely N-dealkylation sites (N-methyl/N-ethyl adjacent to an activating group) is 1. The molecule has 1 unspecified atom stereocenters. The number of carbonyl (C=O) groups excluding carboxylic acids is 1. The average Bonchev–Trinajstić information content (AvgIpc) is 3.23. The summed E-state index contributed by atoms with van der Waals surface area (Å²) in [5, 5.41) is 3.03. The number of rotatable bonds is 7. The highest BCUT2D eigenvalue weighted by Gasteiger charge is 2.21. The van der Waals surface area contributed by atoms with Crippen LogP contribution in [0.5, 0.6) is 0 Å². The predicted octanol–water partition coefficient (Wildman–Crippen LogP) is 4.01. The molecule has 2 aromatic rings. The van der Waals surface area contributed by atoms with Gasteiger partial charge in [-0.1, -0.05) is 36.4 Å². The van der Waals surface area contributed by atoms with Crippen molar-refractivity contribution in [2.45, 2.75) is 25.3 Å². The molecule has 2 amide bonds. The van der Waals surface area contributed by atoms with Crippen molar-refractivity contribution in [3.63, 3.8) is 0 Å². The van der Waals surface area contributed by atoms with Crippen molar-refractivity contribution in [2.24, 2.45) is 0 Å². The number of nitrogens with one attached hydrogen (secondary N) is 1. The van der Waals surface area contributed by atoms with Gasteiger partial charge >= 0.3 is 6.03 Å². The van der Waals surface area contributed by atoms with E-state index >= 15 is 0 Å². The third-order valence-electron chi connectivity index (χ3n) is 5.11. The van der Waals surface area contributed by atoms with E-state index in [1.807, 2.05) is 37.4 Å². The lowest BCUT2D eigenvalue weighted by Gasteiger charge is -2.28. The molecule has 1 saturated heterocycles. The van der Waals surface area contributed by atoms with Crippen LogP contribution in [0, 0.1) is 0 Å². The van der Waals surface area contributed by atoms with Crippen LogP contribution in [-0.4, -0.2) is 50.8 Å². The molecule has 2 aromatic carbocycles. The molecule has 1 fully saturated rings. The monoisotopic (exact) mass is 367 g/mol. The molecule has 0 radical (unpaired) electrons. The van der Waals surface area contributed by atoms with Crippen LogP contribution in [0.1, 0.15) is 18.4 Å². The Bertz CT molecular complexity index is 729. The number of ether oxygens (including phenoxy) is 1. The molecular weight excluding hydrogens is 338 g/mol. The van der Waals surface area contributed by atoms with Gasteiger partial charge in [0, 0.05) is 38.6 Å². The zero-order chi connectivity index (χ0) is 19.1. The topological polar surface area (TPSA) is 44.8 Å². The summed E-state index contributed by atoms with van der Waals surface area (Å²) in [7, 11) is 3.50. The van der Waals surface area contributed by atoms with E-state index in [0.717, 1.165) is 25.2 Å². The molecule has 0 saturated carbocycles. The van der Waals surface area contributed by atoms with E-state index in [0.29, 0.717) is 6.61 Å². The number of amides is 2. The van der Waals surface area contributed by atoms with Gasteiger partial charge in [-0.05, 0) is 43.0 Å². The largest absolute Gasteiger partial charge is 0.383 e. The molecule has 144 valence electrons. The zero-order valence-corrected chi connectivity index (χ0v) is 16.2. The van der Waals surface area contributed by atoms with Crippen molar-refractivity contribution in [2.75, 3.05) is 44.1 Å². The van der Waals surface area contributed by atoms with Crippen LogP contribution in [-0.2, 0) is 11.2 Å². The number of anilines is 2. The number of methoxy groups -OCH3 is 1. The van der Waals surface area contributed by atoms with Gasteiger partial charge in [-0.15, -0.1) is 0 Å². The normalized spacial score (nSPS) is 14.8. The molecule has 5 nitrogen and oxygen atoms in total. The quantitative estimate of drug-likeness (QED) is 0.804. The number of nitrogens with zero attached hydrogens (tertiary/aromatic N) is 2. The van der Waals surface area contributed by atoms with Crippen molar-refractivity contribution >= 4 is 17.4 Å². The zero-order valence-electron chi connectivity index (χ0n) is 16.2. The third kappa shape index (κ3) is 5.23. The molecule has 1 heterocycles. The summed E-state index contributed by atoms with van der Waals surface area (Å²) in [6.45, 7) is 2.67. The fourth-order valence-corrected chi connectivity index (χ4v) is 3.52. The molecular formula is C22H29N3O2. The van der Waals surface area contributed by atoms with Gasteiger partial charge < -0.3 is 19.9 Å². The van der Waals surface area contributed by atoms with Gasteiger partial charge in [0.05, 0.1) is 12.6 Å². The Morgan fingerprint density at radius 1 is 1.15 bits per heavy atom. The Morgan fingerprint density at radius 2 is 1.89 bits per heavy atom. The standard InChI is InChI=1S/C22H29N3O2/c1-24(21(17-27-2)15-18-9-4-3-5-10-18)22(26)23-19-11-8-12-20(16-19)25-13-6-7-14-25/h3-5,8-12,16,21H,6-7,13-15,17H2,1-2H3,(H,23,26). The summed E-state index contributed by atoms with van der Waals surface area (Å²) >= 11 is 0. The molecule has 0 aromatic heterocycles. The maximum absolute atomic E-state index is 12.8. The van der Waals surface area contributed by atoms with Gasteiger partial charge in [-0.25, -0.2) is 4.79 Å². The third-order valence-corrected chi connectivity index (χ3v) is 5.11. The van der Waals surface area contributed by atoms with Crippen molar-refractivity contribution < 1.29 is 9.53 Å². The van der Waals surface area contributed by atoms with Crippen LogP contribution in [0.25, 0.3) is 0 Å². The van der Waals surface area contributed by atoms with Gasteiger partial charge in [-0.2, -0.15) is 0 Å². The van der Waals surface area contributed by atoms with Gasteiger partial charge in [0.1, 0.15) is 0 Å². The Labute approximate surface area is 161 Å². The molecule has 0 bridgehead atoms. The van der Waals surface area contributed by atoms with E-state index in [2.05, 4.69) is 34.5 Å². The summed E-state index contributed by atoms with van der Waals surface area (Å²) in [5.41, 5.74) is 3.19. The molecule has 3 rings (SSSR count). The fraction of sp³-hybridized carbons (Fsp3) is 0.409. The Kier molecular flexibility index (Phi) is 6.71. The summed E-state index contributed by atoms with van der Waals surface area (Å²) < 4.78 is 5.36. The molecule has 27 heavy (non-hydrogen) atoms. The number of urea groups is 1. The van der Waals surface area contributed by atoms with Crippen LogP contribution in [0.15, 0.2) is 54.6 Å². The number of benzene rings is 2. The smallest absolute Gasteiger partial charge is 0.321 e. The molecule has 1 atom stereocenters. The first kappa shape index (κ1) is 19.2. The van der Waals surface area contributed by atoms with Gasteiger partial charge in [-0.3, -0.25) is 0 Å². The van der Waals surface area contributed by atoms with Crippen LogP contribution in [0.4, 0.5) is 16.2 Å². The molecule has 0 aliphatic carbocycles. The first-order chi connectivity index (χ1) is 13.2. The lowest BCUT2D eigenvalue weighted by atomic mass is 10.1. The van der Waals surface area contributed by atoms with E-state index in [1.54, 1.807) is 12.0 Å². The van der Waals surface area contributed by atoms with Crippen LogP contribution < -0.4 is 10.2 Å². The Hall–Kier alpha value is -2.53. The lowest BCUT2D eigenvalue weighted by Crippen LogP contribution is -2.43. The van der Waals surface area contributed by atoms with Crippen molar-refractivity contribution in [3.8, 4) is 0 Å². The number of hydrogen-bond acceptors (Lipinski definition) is 3. The van der Waals surface area contributed by atoms with E-state index in [1.165, 1.54) is 24.1 Å². The summed E-state index contributed by atoms with van der Waals surface area (Å²) in [6.07, 6.45) is 3.22. The van der Waals surface area contributed by atoms with Crippen molar-refractivity contribution in [3.05, 3.63) is 60.2 Å². The van der Waals surface area contributed by atoms with Gasteiger partial charge in [0.2, 0.25) is 0 Å². The first-order valence-electron chi connectivity index (χ1n) is 9.59. The van der Waals surface area contributed by atoms with Crippen molar-refractivity contribution in [1.82, 2.24) is 4.90 Å². The van der Waals surface area contributed by atoms with Crippen LogP contribution in [0.3, 0.4) is 0 Å². The highest BCUT2D eigenvalue weighted by Crippen LogP contribution is 2.23. The fourth-order valence-electron chi connectivity index (χ4n) is 3.52. The van der Waals surface area contributed by atoms with E-state index in [-0.39, 0.29) is 12.1 Å². The summed E-state index contributed by atoms with van der Waals surface area (Å²) in [5.74, 6) is 0. The van der Waals surface area contributed by atoms with E-state index in [4.69, 9.17) is 4.74 Å². The average molecular weight is 367 g/mol. The maximum atomic E-state index is 12.8. The Morgan fingerprint density at radius 3 is 2.59 bits per heavy atom. The number of hydrogen-bond donors (Lipinski definition) is 1. The summed E-state index contributed by atoms with van der Waals surface area (Å²) in [4.78, 5) is 16.9.